The van der Waals surface area contributed by atoms with Crippen LogP contribution in [0, 0.1) is 0 Å². The van der Waals surface area contributed by atoms with Crippen molar-refractivity contribution in [2.45, 2.75) is 13.0 Å². The highest BCUT2D eigenvalue weighted by Crippen LogP contribution is 2.18. The summed E-state index contributed by atoms with van der Waals surface area (Å²) in [6.45, 7) is 1.94. The van der Waals surface area contributed by atoms with Crippen molar-refractivity contribution in [2.75, 3.05) is 12.0 Å². The highest BCUT2D eigenvalue weighted by Gasteiger charge is 2.14. The van der Waals surface area contributed by atoms with E-state index in [0.717, 1.165) is 5.75 Å². The van der Waals surface area contributed by atoms with Gasteiger partial charge in [0, 0.05) is 11.8 Å². The molecule has 0 amide bonds. The molecule has 1 heterocycles. The van der Waals surface area contributed by atoms with Crippen molar-refractivity contribution in [3.8, 4) is 0 Å². The fraction of sp³-hybridized carbons (Fsp3) is 0.333. The summed E-state index contributed by atoms with van der Waals surface area (Å²) in [4.78, 5) is 25.6. The van der Waals surface area contributed by atoms with E-state index < -0.39 is 5.97 Å². The lowest BCUT2D eigenvalue weighted by molar-refractivity contribution is 0.0697. The molecule has 18 heavy (non-hydrogen) atoms. The number of aromatic amines is 1. The first-order chi connectivity index (χ1) is 8.54. The molecule has 1 aromatic carbocycles. The zero-order valence-electron chi connectivity index (χ0n) is 10.1. The average Bonchev–Trinajstić information content (AvgIpc) is 2.63. The number of aromatic nitrogens is 2. The van der Waals surface area contributed by atoms with Gasteiger partial charge in [-0.25, -0.2) is 9.59 Å². The van der Waals surface area contributed by atoms with E-state index >= 15 is 0 Å². The van der Waals surface area contributed by atoms with Crippen LogP contribution >= 0.6 is 11.8 Å². The van der Waals surface area contributed by atoms with Gasteiger partial charge in [0.1, 0.15) is 0 Å². The molecule has 1 atom stereocenters. The van der Waals surface area contributed by atoms with E-state index in [-0.39, 0.29) is 17.3 Å². The zero-order chi connectivity index (χ0) is 13.3. The molecular formula is C12H14N2O3S. The number of imidazole rings is 1. The monoisotopic (exact) mass is 266 g/mol. The van der Waals surface area contributed by atoms with Gasteiger partial charge >= 0.3 is 11.7 Å². The van der Waals surface area contributed by atoms with Crippen LogP contribution in [0.4, 0.5) is 0 Å². The summed E-state index contributed by atoms with van der Waals surface area (Å²) in [5.74, 6) is -0.195. The molecule has 0 saturated heterocycles. The van der Waals surface area contributed by atoms with Crippen molar-refractivity contribution in [1.29, 1.82) is 0 Å². The number of hydrogen-bond donors (Lipinski definition) is 2. The molecule has 2 rings (SSSR count). The first-order valence-corrected chi connectivity index (χ1v) is 6.90. The van der Waals surface area contributed by atoms with Crippen molar-refractivity contribution in [3.63, 3.8) is 0 Å². The van der Waals surface area contributed by atoms with Gasteiger partial charge in [-0.15, -0.1) is 0 Å². The van der Waals surface area contributed by atoms with Crippen LogP contribution in [0.15, 0.2) is 23.0 Å². The minimum Gasteiger partial charge on any atom is -0.478 e. The Morgan fingerprint density at radius 3 is 2.89 bits per heavy atom. The van der Waals surface area contributed by atoms with Gasteiger partial charge in [0.15, 0.2) is 0 Å². The Bertz CT molecular complexity index is 644. The SMILES string of the molecule is CSCC(C)n1c(=O)[nH]c2ccc(C(=O)O)cc21. The zero-order valence-corrected chi connectivity index (χ0v) is 11.0. The fourth-order valence-electron chi connectivity index (χ4n) is 2.01. The molecular weight excluding hydrogens is 252 g/mol. The summed E-state index contributed by atoms with van der Waals surface area (Å²) >= 11 is 1.65. The Morgan fingerprint density at radius 1 is 1.56 bits per heavy atom. The maximum absolute atomic E-state index is 11.9. The van der Waals surface area contributed by atoms with Gasteiger partial charge in [0.25, 0.3) is 0 Å². The maximum atomic E-state index is 11.9. The molecule has 0 aliphatic heterocycles. The number of carbonyl (C=O) groups is 1. The van der Waals surface area contributed by atoms with Gasteiger partial charge in [0.05, 0.1) is 16.6 Å². The Labute approximate surface area is 108 Å². The minimum atomic E-state index is -0.991. The predicted molar refractivity (Wildman–Crippen MR) is 72.6 cm³/mol. The van der Waals surface area contributed by atoms with Crippen molar-refractivity contribution in [2.24, 2.45) is 0 Å². The molecule has 0 saturated carbocycles. The molecule has 0 aliphatic carbocycles. The molecule has 0 spiro atoms. The molecule has 0 bridgehead atoms. The number of H-pyrrole nitrogens is 1. The second-order valence-electron chi connectivity index (χ2n) is 4.14. The number of hydrogen-bond acceptors (Lipinski definition) is 3. The van der Waals surface area contributed by atoms with Crippen LogP contribution in [0.1, 0.15) is 23.3 Å². The third kappa shape index (κ3) is 2.15. The summed E-state index contributed by atoms with van der Waals surface area (Å²) in [7, 11) is 0. The smallest absolute Gasteiger partial charge is 0.335 e. The van der Waals surface area contributed by atoms with Crippen LogP contribution in [0.2, 0.25) is 0 Å². The maximum Gasteiger partial charge on any atom is 0.335 e. The van der Waals surface area contributed by atoms with Gasteiger partial charge in [0.2, 0.25) is 0 Å². The van der Waals surface area contributed by atoms with E-state index in [1.54, 1.807) is 22.4 Å². The number of carboxylic acid groups (broad SMARTS) is 1. The Morgan fingerprint density at radius 2 is 2.28 bits per heavy atom. The number of aromatic carboxylic acids is 1. The Hall–Kier alpha value is -1.69. The minimum absolute atomic E-state index is 0.0188. The molecule has 2 N–H and O–H groups in total. The number of rotatable bonds is 4. The van der Waals surface area contributed by atoms with Crippen LogP contribution < -0.4 is 5.69 Å². The summed E-state index contributed by atoms with van der Waals surface area (Å²) in [6.07, 6.45) is 1.97. The highest BCUT2D eigenvalue weighted by atomic mass is 32.2. The molecule has 2 aromatic rings. The molecule has 6 heteroatoms. The number of nitrogens with zero attached hydrogens (tertiary/aromatic N) is 1. The molecule has 96 valence electrons. The van der Waals surface area contributed by atoms with E-state index in [9.17, 15) is 9.59 Å². The summed E-state index contributed by atoms with van der Waals surface area (Å²) in [6, 6.07) is 4.67. The lowest BCUT2D eigenvalue weighted by atomic mass is 10.2. The molecule has 0 radical (unpaired) electrons. The molecule has 1 unspecified atom stereocenters. The Kier molecular flexibility index (Phi) is 3.47. The lowest BCUT2D eigenvalue weighted by Gasteiger charge is -2.11. The van der Waals surface area contributed by atoms with Crippen LogP contribution in [0.25, 0.3) is 11.0 Å². The number of fused-ring (bicyclic) bond motifs is 1. The van der Waals surface area contributed by atoms with Crippen LogP contribution in [0.5, 0.6) is 0 Å². The standard InChI is InChI=1S/C12H14N2O3S/c1-7(6-18-2)14-10-5-8(11(15)16)3-4-9(10)13-12(14)17/h3-5,7H,6H2,1-2H3,(H,13,17)(H,15,16). The van der Waals surface area contributed by atoms with Crippen LogP contribution in [-0.2, 0) is 0 Å². The predicted octanol–water partition coefficient (Wildman–Crippen LogP) is 1.95. The molecule has 5 nitrogen and oxygen atoms in total. The highest BCUT2D eigenvalue weighted by molar-refractivity contribution is 7.98. The van der Waals surface area contributed by atoms with Gasteiger partial charge in [-0.1, -0.05) is 0 Å². The second-order valence-corrected chi connectivity index (χ2v) is 5.05. The van der Waals surface area contributed by atoms with Crippen molar-refractivity contribution in [1.82, 2.24) is 9.55 Å². The second kappa shape index (κ2) is 4.89. The van der Waals surface area contributed by atoms with Crippen molar-refractivity contribution >= 4 is 28.8 Å². The summed E-state index contributed by atoms with van der Waals surface area (Å²) in [5.41, 5.74) is 1.29. The average molecular weight is 266 g/mol. The number of carboxylic acids is 1. The van der Waals surface area contributed by atoms with Gasteiger partial charge in [-0.3, -0.25) is 4.57 Å². The quantitative estimate of drug-likeness (QED) is 0.887. The largest absolute Gasteiger partial charge is 0.478 e. The first-order valence-electron chi connectivity index (χ1n) is 5.51. The van der Waals surface area contributed by atoms with Gasteiger partial charge in [-0.2, -0.15) is 11.8 Å². The van der Waals surface area contributed by atoms with Crippen LogP contribution in [0.3, 0.4) is 0 Å². The summed E-state index contributed by atoms with van der Waals surface area (Å²) in [5, 5.41) is 8.98. The normalized spacial score (nSPS) is 12.8. The lowest BCUT2D eigenvalue weighted by Crippen LogP contribution is -2.21. The van der Waals surface area contributed by atoms with E-state index in [1.165, 1.54) is 12.1 Å². The summed E-state index contributed by atoms with van der Waals surface area (Å²) < 4.78 is 1.61. The van der Waals surface area contributed by atoms with E-state index in [2.05, 4.69) is 4.98 Å². The molecule has 0 fully saturated rings. The number of nitrogens with one attached hydrogen (secondary N) is 1. The fourth-order valence-corrected chi connectivity index (χ4v) is 2.64. The van der Waals surface area contributed by atoms with Crippen LogP contribution in [-0.4, -0.2) is 32.6 Å². The van der Waals surface area contributed by atoms with Gasteiger partial charge in [-0.05, 0) is 31.4 Å². The number of benzene rings is 1. The molecule has 1 aromatic heterocycles. The number of thioether (sulfide) groups is 1. The third-order valence-electron chi connectivity index (χ3n) is 2.81. The van der Waals surface area contributed by atoms with E-state index in [4.69, 9.17) is 5.11 Å². The first kappa shape index (κ1) is 12.8. The third-order valence-corrected chi connectivity index (χ3v) is 3.63. The Balaban J connectivity index is 2.64. The topological polar surface area (TPSA) is 75.1 Å². The van der Waals surface area contributed by atoms with Crippen molar-refractivity contribution in [3.05, 3.63) is 34.2 Å². The van der Waals surface area contributed by atoms with E-state index in [1.807, 2.05) is 13.2 Å². The molecule has 0 aliphatic rings. The van der Waals surface area contributed by atoms with Crippen molar-refractivity contribution < 1.29 is 9.90 Å². The van der Waals surface area contributed by atoms with Gasteiger partial charge < -0.3 is 10.1 Å². The van der Waals surface area contributed by atoms with E-state index in [0.29, 0.717) is 11.0 Å².